The van der Waals surface area contributed by atoms with E-state index < -0.39 is 0 Å². The lowest BCUT2D eigenvalue weighted by Gasteiger charge is -2.06. The van der Waals surface area contributed by atoms with E-state index in [-0.39, 0.29) is 0 Å². The summed E-state index contributed by atoms with van der Waals surface area (Å²) in [7, 11) is 0. The van der Waals surface area contributed by atoms with Gasteiger partial charge in [0.25, 0.3) is 0 Å². The van der Waals surface area contributed by atoms with E-state index in [9.17, 15) is 0 Å². The average molecular weight is 177 g/mol. The van der Waals surface area contributed by atoms with Gasteiger partial charge in [-0.05, 0) is 18.1 Å². The van der Waals surface area contributed by atoms with Crippen molar-refractivity contribution in [2.45, 2.75) is 6.92 Å². The molecule has 0 aliphatic rings. The van der Waals surface area contributed by atoms with Crippen molar-refractivity contribution >= 4 is 5.57 Å². The fraction of sp³-hybridized carbons (Fsp3) is 0.273. The van der Waals surface area contributed by atoms with Crippen molar-refractivity contribution in [3.63, 3.8) is 0 Å². The van der Waals surface area contributed by atoms with E-state index in [4.69, 9.17) is 4.84 Å². The van der Waals surface area contributed by atoms with Gasteiger partial charge in [-0.3, -0.25) is 0 Å². The monoisotopic (exact) mass is 177 g/mol. The molecule has 13 heavy (non-hydrogen) atoms. The van der Waals surface area contributed by atoms with Crippen LogP contribution in [0.3, 0.4) is 0 Å². The standard InChI is InChI=1S/C11H15NO/c1-3-13-12-9-10(2)11-7-5-4-6-8-11/h4-8,12H,2-3,9H2,1H3. The molecule has 0 heterocycles. The predicted molar refractivity (Wildman–Crippen MR) is 55.1 cm³/mol. The summed E-state index contributed by atoms with van der Waals surface area (Å²) in [6.07, 6.45) is 0. The molecule has 2 nitrogen and oxygen atoms in total. The zero-order chi connectivity index (χ0) is 9.52. The SMILES string of the molecule is C=C(CNOCC)c1ccccc1. The maximum Gasteiger partial charge on any atom is 0.0654 e. The molecule has 1 rings (SSSR count). The molecule has 0 atom stereocenters. The molecule has 0 fully saturated rings. The molecule has 0 aliphatic heterocycles. The lowest BCUT2D eigenvalue weighted by molar-refractivity contribution is 0.0602. The summed E-state index contributed by atoms with van der Waals surface area (Å²) in [6, 6.07) is 10.1. The van der Waals surface area contributed by atoms with Crippen LogP contribution in [0.25, 0.3) is 5.57 Å². The summed E-state index contributed by atoms with van der Waals surface area (Å²) in [6.45, 7) is 7.23. The van der Waals surface area contributed by atoms with Gasteiger partial charge >= 0.3 is 0 Å². The van der Waals surface area contributed by atoms with Gasteiger partial charge in [0.05, 0.1) is 6.61 Å². The highest BCUT2D eigenvalue weighted by atomic mass is 16.6. The summed E-state index contributed by atoms with van der Waals surface area (Å²) in [5.74, 6) is 0. The molecule has 1 aromatic rings. The fourth-order valence-corrected chi connectivity index (χ4v) is 1.02. The molecule has 0 unspecified atom stereocenters. The third-order valence-electron chi connectivity index (χ3n) is 1.71. The molecular formula is C11H15NO. The molecule has 0 radical (unpaired) electrons. The van der Waals surface area contributed by atoms with Gasteiger partial charge in [0.1, 0.15) is 0 Å². The molecule has 0 bridgehead atoms. The van der Waals surface area contributed by atoms with E-state index in [1.54, 1.807) is 0 Å². The van der Waals surface area contributed by atoms with Crippen LogP contribution in [0.4, 0.5) is 0 Å². The van der Waals surface area contributed by atoms with Gasteiger partial charge in [0.2, 0.25) is 0 Å². The molecule has 1 aromatic carbocycles. The van der Waals surface area contributed by atoms with E-state index in [0.29, 0.717) is 13.2 Å². The number of hydrogen-bond acceptors (Lipinski definition) is 2. The summed E-state index contributed by atoms with van der Waals surface area (Å²) in [5, 5.41) is 0. The smallest absolute Gasteiger partial charge is 0.0654 e. The first-order valence-corrected chi connectivity index (χ1v) is 4.42. The highest BCUT2D eigenvalue weighted by molar-refractivity contribution is 5.64. The number of hydroxylamine groups is 1. The summed E-state index contributed by atoms with van der Waals surface area (Å²) >= 11 is 0. The molecule has 2 heteroatoms. The Kier molecular flexibility index (Phi) is 4.23. The van der Waals surface area contributed by atoms with E-state index in [0.717, 1.165) is 11.1 Å². The molecule has 1 N–H and O–H groups in total. The van der Waals surface area contributed by atoms with Gasteiger partial charge in [0.15, 0.2) is 0 Å². The Bertz CT molecular complexity index is 256. The number of hydrogen-bond donors (Lipinski definition) is 1. The average Bonchev–Trinajstić information content (AvgIpc) is 2.19. The Morgan fingerprint density at radius 2 is 2.08 bits per heavy atom. The molecule has 0 saturated carbocycles. The van der Waals surface area contributed by atoms with Gasteiger partial charge in [-0.1, -0.05) is 36.9 Å². The minimum atomic E-state index is 0.665. The molecular weight excluding hydrogens is 162 g/mol. The zero-order valence-corrected chi connectivity index (χ0v) is 7.92. The summed E-state index contributed by atoms with van der Waals surface area (Å²) < 4.78 is 0. The largest absolute Gasteiger partial charge is 0.302 e. The van der Waals surface area contributed by atoms with Crippen molar-refractivity contribution in [1.29, 1.82) is 0 Å². The second kappa shape index (κ2) is 5.51. The molecule has 0 aliphatic carbocycles. The maximum absolute atomic E-state index is 5.01. The Balaban J connectivity index is 2.40. The Hall–Kier alpha value is -1.12. The van der Waals surface area contributed by atoms with E-state index in [1.165, 1.54) is 0 Å². The zero-order valence-electron chi connectivity index (χ0n) is 7.92. The Morgan fingerprint density at radius 3 is 2.69 bits per heavy atom. The summed E-state index contributed by atoms with van der Waals surface area (Å²) in [5.41, 5.74) is 5.02. The Labute approximate surface area is 79.2 Å². The van der Waals surface area contributed by atoms with Crippen LogP contribution in [-0.4, -0.2) is 13.2 Å². The number of nitrogens with one attached hydrogen (secondary N) is 1. The van der Waals surface area contributed by atoms with Crippen molar-refractivity contribution in [1.82, 2.24) is 5.48 Å². The van der Waals surface area contributed by atoms with Crippen molar-refractivity contribution in [3.8, 4) is 0 Å². The predicted octanol–water partition coefficient (Wildman–Crippen LogP) is 2.24. The van der Waals surface area contributed by atoms with Gasteiger partial charge in [-0.25, -0.2) is 0 Å². The highest BCUT2D eigenvalue weighted by Crippen LogP contribution is 2.09. The van der Waals surface area contributed by atoms with E-state index in [2.05, 4.69) is 12.1 Å². The Morgan fingerprint density at radius 1 is 1.38 bits per heavy atom. The van der Waals surface area contributed by atoms with Crippen molar-refractivity contribution in [2.24, 2.45) is 0 Å². The lowest BCUT2D eigenvalue weighted by Crippen LogP contribution is -2.16. The number of rotatable bonds is 5. The lowest BCUT2D eigenvalue weighted by atomic mass is 10.1. The summed E-state index contributed by atoms with van der Waals surface area (Å²) in [4.78, 5) is 5.01. The minimum absolute atomic E-state index is 0.665. The van der Waals surface area contributed by atoms with Crippen molar-refractivity contribution in [2.75, 3.05) is 13.2 Å². The van der Waals surface area contributed by atoms with Crippen LogP contribution in [0, 0.1) is 0 Å². The maximum atomic E-state index is 5.01. The van der Waals surface area contributed by atoms with Crippen LogP contribution in [0.2, 0.25) is 0 Å². The molecule has 70 valence electrons. The number of benzene rings is 1. The molecule has 0 saturated heterocycles. The van der Waals surface area contributed by atoms with Crippen LogP contribution in [0.1, 0.15) is 12.5 Å². The van der Waals surface area contributed by atoms with Crippen molar-refractivity contribution in [3.05, 3.63) is 42.5 Å². The molecule has 0 spiro atoms. The van der Waals surface area contributed by atoms with Crippen LogP contribution in [-0.2, 0) is 4.84 Å². The van der Waals surface area contributed by atoms with Gasteiger partial charge in [-0.2, -0.15) is 5.48 Å². The first kappa shape index (κ1) is 9.96. The second-order valence-corrected chi connectivity index (χ2v) is 2.72. The first-order chi connectivity index (χ1) is 6.34. The minimum Gasteiger partial charge on any atom is -0.302 e. The van der Waals surface area contributed by atoms with E-state index in [1.807, 2.05) is 37.3 Å². The quantitative estimate of drug-likeness (QED) is 0.550. The molecule has 0 amide bonds. The van der Waals surface area contributed by atoms with Gasteiger partial charge < -0.3 is 4.84 Å². The van der Waals surface area contributed by atoms with Crippen LogP contribution in [0.15, 0.2) is 36.9 Å². The highest BCUT2D eigenvalue weighted by Gasteiger charge is 1.95. The van der Waals surface area contributed by atoms with E-state index >= 15 is 0 Å². The topological polar surface area (TPSA) is 21.3 Å². The third kappa shape index (κ3) is 3.40. The normalized spacial score (nSPS) is 9.92. The second-order valence-electron chi connectivity index (χ2n) is 2.72. The van der Waals surface area contributed by atoms with Crippen LogP contribution >= 0.6 is 0 Å². The van der Waals surface area contributed by atoms with Gasteiger partial charge in [0, 0.05) is 6.54 Å². The third-order valence-corrected chi connectivity index (χ3v) is 1.71. The van der Waals surface area contributed by atoms with Crippen LogP contribution < -0.4 is 5.48 Å². The first-order valence-electron chi connectivity index (χ1n) is 4.42. The molecule has 0 aromatic heterocycles. The fourth-order valence-electron chi connectivity index (χ4n) is 1.02. The van der Waals surface area contributed by atoms with Gasteiger partial charge in [-0.15, -0.1) is 0 Å². The van der Waals surface area contributed by atoms with Crippen LogP contribution in [0.5, 0.6) is 0 Å². The van der Waals surface area contributed by atoms with Crippen molar-refractivity contribution < 1.29 is 4.84 Å².